The van der Waals surface area contributed by atoms with Gasteiger partial charge in [-0.25, -0.2) is 4.57 Å². The monoisotopic (exact) mass is 462 g/mol. The molecule has 3 heteroatoms. The zero-order chi connectivity index (χ0) is 20.0. The Morgan fingerprint density at radius 3 is 2.34 bits per heavy atom. The lowest BCUT2D eigenvalue weighted by molar-refractivity contribution is -0.697. The van der Waals surface area contributed by atoms with E-state index in [1.807, 2.05) is 0 Å². The number of hydrogen-bond donors (Lipinski definition) is 0. The van der Waals surface area contributed by atoms with Crippen LogP contribution in [-0.4, -0.2) is 6.61 Å². The summed E-state index contributed by atoms with van der Waals surface area (Å²) in [4.78, 5) is 0. The highest BCUT2D eigenvalue weighted by atomic mass is 79.9. The number of benzene rings is 1. The van der Waals surface area contributed by atoms with Crippen LogP contribution in [0.3, 0.4) is 0 Å². The standard InChI is InChI=1S/C26H40NO.BrH/c1-4-6-8-14-24-16-17-26(25(21-24)15-9-7-5-2)28-20-11-10-18-27-19-12-13-23(3)22-27;/h12-13,16-17,19,21-22H,4-11,14-15,18,20H2,1-3H3;1H/q+1;. The minimum atomic E-state index is 0. The summed E-state index contributed by atoms with van der Waals surface area (Å²) in [5.41, 5.74) is 4.20. The average Bonchev–Trinajstić information content (AvgIpc) is 2.69. The van der Waals surface area contributed by atoms with Crippen LogP contribution in [0, 0.1) is 6.92 Å². The van der Waals surface area contributed by atoms with Crippen molar-refractivity contribution >= 4 is 17.0 Å². The third kappa shape index (κ3) is 10.3. The molecule has 0 amide bonds. The van der Waals surface area contributed by atoms with E-state index >= 15 is 0 Å². The van der Waals surface area contributed by atoms with Crippen molar-refractivity contribution in [1.82, 2.24) is 0 Å². The number of aromatic nitrogens is 1. The fourth-order valence-electron chi connectivity index (χ4n) is 3.64. The third-order valence-electron chi connectivity index (χ3n) is 5.32. The summed E-state index contributed by atoms with van der Waals surface area (Å²) >= 11 is 0. The minimum Gasteiger partial charge on any atom is -0.493 e. The number of unbranched alkanes of at least 4 members (excludes halogenated alkanes) is 5. The van der Waals surface area contributed by atoms with Crippen LogP contribution in [0.15, 0.2) is 42.7 Å². The summed E-state index contributed by atoms with van der Waals surface area (Å²) in [6, 6.07) is 11.2. The second-order valence-electron chi connectivity index (χ2n) is 8.03. The molecule has 0 atom stereocenters. The smallest absolute Gasteiger partial charge is 0.171 e. The highest BCUT2D eigenvalue weighted by Gasteiger charge is 2.07. The molecule has 0 N–H and O–H groups in total. The number of rotatable bonds is 14. The molecule has 0 radical (unpaired) electrons. The zero-order valence-electron chi connectivity index (χ0n) is 18.8. The largest absolute Gasteiger partial charge is 0.493 e. The van der Waals surface area contributed by atoms with E-state index in [0.717, 1.165) is 38.2 Å². The molecule has 1 aromatic heterocycles. The van der Waals surface area contributed by atoms with Crippen molar-refractivity contribution in [2.45, 2.75) is 91.5 Å². The summed E-state index contributed by atoms with van der Waals surface area (Å²) in [7, 11) is 0. The van der Waals surface area contributed by atoms with Crippen molar-refractivity contribution in [2.24, 2.45) is 0 Å². The molecule has 0 unspecified atom stereocenters. The molecule has 1 aromatic carbocycles. The van der Waals surface area contributed by atoms with Gasteiger partial charge in [0.15, 0.2) is 12.4 Å². The van der Waals surface area contributed by atoms with Gasteiger partial charge < -0.3 is 4.74 Å². The second-order valence-corrected chi connectivity index (χ2v) is 8.03. The minimum absolute atomic E-state index is 0. The van der Waals surface area contributed by atoms with E-state index in [9.17, 15) is 0 Å². The Morgan fingerprint density at radius 1 is 0.862 bits per heavy atom. The fraction of sp³-hybridized carbons (Fsp3) is 0.577. The first kappa shape index (κ1) is 25.7. The third-order valence-corrected chi connectivity index (χ3v) is 5.32. The van der Waals surface area contributed by atoms with E-state index in [-0.39, 0.29) is 17.0 Å². The number of ether oxygens (including phenoxy) is 1. The van der Waals surface area contributed by atoms with Crippen LogP contribution >= 0.6 is 17.0 Å². The second kappa shape index (κ2) is 15.5. The van der Waals surface area contributed by atoms with Crippen molar-refractivity contribution in [3.8, 4) is 5.75 Å². The molecule has 0 saturated heterocycles. The molecule has 0 spiro atoms. The van der Waals surface area contributed by atoms with Gasteiger partial charge in [0, 0.05) is 18.1 Å². The molecule has 162 valence electrons. The van der Waals surface area contributed by atoms with Crippen molar-refractivity contribution in [3.63, 3.8) is 0 Å². The molecule has 0 bridgehead atoms. The first-order valence-electron chi connectivity index (χ1n) is 11.4. The van der Waals surface area contributed by atoms with Gasteiger partial charge in [0.05, 0.1) is 6.61 Å². The number of halogens is 1. The van der Waals surface area contributed by atoms with Crippen LogP contribution in [0.2, 0.25) is 0 Å². The van der Waals surface area contributed by atoms with Gasteiger partial charge in [-0.1, -0.05) is 51.7 Å². The summed E-state index contributed by atoms with van der Waals surface area (Å²) in [5, 5.41) is 0. The van der Waals surface area contributed by atoms with Gasteiger partial charge >= 0.3 is 0 Å². The molecule has 2 aromatic rings. The lowest BCUT2D eigenvalue weighted by Gasteiger charge is -2.13. The predicted molar refractivity (Wildman–Crippen MR) is 129 cm³/mol. The Bertz CT molecular complexity index is 686. The number of aryl methyl sites for hydroxylation is 4. The summed E-state index contributed by atoms with van der Waals surface area (Å²) in [5.74, 6) is 1.11. The van der Waals surface area contributed by atoms with Gasteiger partial charge in [0.2, 0.25) is 0 Å². The molecule has 0 saturated carbocycles. The lowest BCUT2D eigenvalue weighted by atomic mass is 10.00. The molecule has 0 aliphatic heterocycles. The number of nitrogens with zero attached hydrogens (tertiary/aromatic N) is 1. The first-order valence-corrected chi connectivity index (χ1v) is 11.4. The molecule has 1 heterocycles. The van der Waals surface area contributed by atoms with Gasteiger partial charge in [-0.3, -0.25) is 0 Å². The Hall–Kier alpha value is -1.35. The number of hydrogen-bond acceptors (Lipinski definition) is 1. The van der Waals surface area contributed by atoms with Gasteiger partial charge in [-0.15, -0.1) is 17.0 Å². The van der Waals surface area contributed by atoms with Gasteiger partial charge in [-0.05, 0) is 62.3 Å². The zero-order valence-corrected chi connectivity index (χ0v) is 20.5. The van der Waals surface area contributed by atoms with Crippen molar-refractivity contribution in [3.05, 3.63) is 59.4 Å². The lowest BCUT2D eigenvalue weighted by Crippen LogP contribution is -2.33. The Kier molecular flexibility index (Phi) is 13.7. The predicted octanol–water partition coefficient (Wildman–Crippen LogP) is 7.19. The molecular weight excluding hydrogens is 422 g/mol. The Balaban J connectivity index is 0.00000420. The normalized spacial score (nSPS) is 10.6. The van der Waals surface area contributed by atoms with E-state index < -0.39 is 0 Å². The van der Waals surface area contributed by atoms with E-state index in [4.69, 9.17) is 4.74 Å². The highest BCUT2D eigenvalue weighted by molar-refractivity contribution is 8.93. The van der Waals surface area contributed by atoms with Crippen LogP contribution in [0.1, 0.15) is 81.9 Å². The summed E-state index contributed by atoms with van der Waals surface area (Å²) < 4.78 is 8.48. The highest BCUT2D eigenvalue weighted by Crippen LogP contribution is 2.24. The molecular formula is C26H41BrNO+. The maximum Gasteiger partial charge on any atom is 0.171 e. The average molecular weight is 464 g/mol. The van der Waals surface area contributed by atoms with Crippen LogP contribution in [0.25, 0.3) is 0 Å². The summed E-state index contributed by atoms with van der Waals surface area (Å²) in [6.07, 6.45) is 16.7. The van der Waals surface area contributed by atoms with Crippen molar-refractivity contribution in [1.29, 1.82) is 0 Å². The molecule has 0 aliphatic carbocycles. The maximum atomic E-state index is 6.20. The fourth-order valence-corrected chi connectivity index (χ4v) is 3.64. The SMILES string of the molecule is Br.CCCCCc1ccc(OCCCC[n+]2cccc(C)c2)c(CCCCC)c1. The van der Waals surface area contributed by atoms with Crippen LogP contribution in [-0.2, 0) is 19.4 Å². The quantitative estimate of drug-likeness (QED) is 0.214. The first-order chi connectivity index (χ1) is 13.7. The molecule has 2 nitrogen and oxygen atoms in total. The van der Waals surface area contributed by atoms with Crippen LogP contribution < -0.4 is 9.30 Å². The van der Waals surface area contributed by atoms with E-state index in [1.54, 1.807) is 0 Å². The molecule has 0 fully saturated rings. The topological polar surface area (TPSA) is 13.1 Å². The van der Waals surface area contributed by atoms with E-state index in [0.29, 0.717) is 0 Å². The Labute approximate surface area is 189 Å². The number of pyridine rings is 1. The van der Waals surface area contributed by atoms with Crippen molar-refractivity contribution < 1.29 is 9.30 Å². The Morgan fingerprint density at radius 2 is 1.62 bits per heavy atom. The summed E-state index contributed by atoms with van der Waals surface area (Å²) in [6.45, 7) is 8.55. The molecule has 0 aliphatic rings. The van der Waals surface area contributed by atoms with Crippen LogP contribution in [0.4, 0.5) is 0 Å². The maximum absolute atomic E-state index is 6.20. The molecule has 29 heavy (non-hydrogen) atoms. The van der Waals surface area contributed by atoms with Gasteiger partial charge in [-0.2, -0.15) is 0 Å². The van der Waals surface area contributed by atoms with Gasteiger partial charge in [0.25, 0.3) is 0 Å². The van der Waals surface area contributed by atoms with Gasteiger partial charge in [0.1, 0.15) is 12.3 Å². The van der Waals surface area contributed by atoms with E-state index in [1.165, 1.54) is 61.6 Å². The molecule has 2 rings (SSSR count). The van der Waals surface area contributed by atoms with Crippen molar-refractivity contribution in [2.75, 3.05) is 6.61 Å². The van der Waals surface area contributed by atoms with E-state index in [2.05, 4.69) is 68.1 Å². The van der Waals surface area contributed by atoms with Crippen LogP contribution in [0.5, 0.6) is 5.75 Å².